The minimum absolute atomic E-state index is 0.0122. The first-order valence-electron chi connectivity index (χ1n) is 25.0. The number of hydrogen-bond acceptors (Lipinski definition) is 3. The van der Waals surface area contributed by atoms with E-state index < -0.39 is 154 Å². The highest BCUT2D eigenvalue weighted by Gasteiger charge is 2.21. The molecule has 0 unspecified atom stereocenters. The monoisotopic (exact) mass is 663 g/mol. The van der Waals surface area contributed by atoms with Crippen LogP contribution >= 0.6 is 11.3 Å². The first-order chi connectivity index (χ1) is 32.6. The fourth-order valence-electron chi connectivity index (χ4n) is 6.08. The molecule has 0 atom stereocenters. The first kappa shape index (κ1) is 14.5. The van der Waals surface area contributed by atoms with Gasteiger partial charge < -0.3 is 9.32 Å². The third kappa shape index (κ3) is 4.55. The second kappa shape index (κ2) is 11.2. The lowest BCUT2D eigenvalue weighted by Gasteiger charge is -2.26. The van der Waals surface area contributed by atoms with Gasteiger partial charge in [-0.05, 0) is 82.1 Å². The summed E-state index contributed by atoms with van der Waals surface area (Å²) < 4.78 is 186. The van der Waals surface area contributed by atoms with Crippen molar-refractivity contribution >= 4 is 81.3 Å². The Morgan fingerprint density at radius 2 is 1.20 bits per heavy atom. The molecule has 10 aromatic rings. The largest absolute Gasteiger partial charge is 0.455 e. The van der Waals surface area contributed by atoms with E-state index in [0.29, 0.717) is 16.4 Å². The number of benzene rings is 8. The molecule has 2 nitrogen and oxygen atoms in total. The predicted molar refractivity (Wildman–Crippen MR) is 210 cm³/mol. The van der Waals surface area contributed by atoms with Gasteiger partial charge in [-0.2, -0.15) is 0 Å². The normalized spacial score (nSPS) is 17.4. The molecule has 0 amide bonds. The zero-order valence-electron chi connectivity index (χ0n) is 45.0. The average molecular weight is 664 g/mol. The number of nitrogens with zero attached hydrogens (tertiary/aromatic N) is 1. The van der Waals surface area contributed by atoms with E-state index in [1.54, 1.807) is 18.2 Å². The van der Waals surface area contributed by atoms with Crippen molar-refractivity contribution in [1.82, 2.24) is 0 Å². The van der Waals surface area contributed by atoms with Gasteiger partial charge in [0.2, 0.25) is 0 Å². The summed E-state index contributed by atoms with van der Waals surface area (Å²) in [5, 5.41) is 1.94. The molecule has 0 fully saturated rings. The molecular weight excluding hydrogens is 615 g/mol. The van der Waals surface area contributed by atoms with Crippen LogP contribution in [0.15, 0.2) is 180 Å². The number of rotatable bonds is 5. The number of fused-ring (bicyclic) bond motifs is 8. The van der Waals surface area contributed by atoms with Crippen LogP contribution < -0.4 is 4.90 Å². The van der Waals surface area contributed by atoms with Gasteiger partial charge in [-0.3, -0.25) is 0 Å². The van der Waals surface area contributed by atoms with Gasteiger partial charge in [-0.1, -0.05) is 121 Å². The minimum atomic E-state index is -0.870. The molecule has 8 aromatic carbocycles. The van der Waals surface area contributed by atoms with E-state index in [1.807, 2.05) is 24.3 Å². The maximum atomic E-state index is 9.74. The zero-order chi connectivity index (χ0) is 49.7. The minimum Gasteiger partial charge on any atom is -0.455 e. The predicted octanol–water partition coefficient (Wildman–Crippen LogP) is 13.9. The van der Waals surface area contributed by atoms with Crippen LogP contribution in [0.1, 0.15) is 27.4 Å². The molecule has 0 aliphatic heterocycles. The Morgan fingerprint density at radius 1 is 0.490 bits per heavy atom. The fourth-order valence-corrected chi connectivity index (χ4v) is 7.05. The van der Waals surface area contributed by atoms with Crippen LogP contribution in [0.5, 0.6) is 0 Å². The van der Waals surface area contributed by atoms with E-state index >= 15 is 0 Å². The third-order valence-corrected chi connectivity index (χ3v) is 9.25. The summed E-state index contributed by atoms with van der Waals surface area (Å²) >= 11 is 0.753. The lowest BCUT2D eigenvalue weighted by atomic mass is 9.99. The average Bonchev–Trinajstić information content (AvgIpc) is 3.94. The van der Waals surface area contributed by atoms with E-state index in [4.69, 9.17) is 20.9 Å². The van der Waals surface area contributed by atoms with Gasteiger partial charge in [-0.25, -0.2) is 0 Å². The SMILES string of the molecule is [2H]c1c([2H])c([2H])c(-c2c([2H])c([2H])c(N(c3c([2H])c([2H])c(-c4c([2H])c([2H])c([2H])c5sc6c([2H])c([2H])c([2H])c([2H])c6c45)c([2H])c3[2H])c3cccc4oc5c6ccccc6ccc5c34)c([2H])c2[2H])c([2H])c1[2H]. The first-order valence-corrected chi connectivity index (χ1v) is 15.8. The second-order valence-corrected chi connectivity index (χ2v) is 12.0. The topological polar surface area (TPSA) is 16.4 Å². The molecule has 2 aromatic heterocycles. The van der Waals surface area contributed by atoms with E-state index in [1.165, 1.54) is 12.1 Å². The highest BCUT2D eigenvalue weighted by Crippen LogP contribution is 2.45. The van der Waals surface area contributed by atoms with Crippen LogP contribution in [0, 0.1) is 0 Å². The Morgan fingerprint density at radius 3 is 2.04 bits per heavy atom. The molecule has 0 aliphatic carbocycles. The maximum Gasteiger partial charge on any atom is 0.143 e. The molecule has 0 N–H and O–H groups in total. The molecule has 230 valence electrons. The Kier molecular flexibility index (Phi) is 3.33. The van der Waals surface area contributed by atoms with Crippen molar-refractivity contribution in [3.05, 3.63) is 175 Å². The number of anilines is 3. The Bertz CT molecular complexity index is 3910. The van der Waals surface area contributed by atoms with Crippen molar-refractivity contribution in [2.45, 2.75) is 0 Å². The second-order valence-electron chi connectivity index (χ2n) is 11.0. The molecule has 2 heterocycles. The summed E-state index contributed by atoms with van der Waals surface area (Å²) in [5.41, 5.74) is -2.89. The Balaban J connectivity index is 1.35. The van der Waals surface area contributed by atoms with Gasteiger partial charge >= 0.3 is 0 Å². The molecule has 3 heteroatoms. The Hall–Kier alpha value is -6.16. The van der Waals surface area contributed by atoms with Crippen molar-refractivity contribution in [2.75, 3.05) is 4.90 Å². The van der Waals surface area contributed by atoms with Crippen molar-refractivity contribution in [3.8, 4) is 22.3 Å². The molecular formula is C46H29NOS. The van der Waals surface area contributed by atoms with Gasteiger partial charge in [0.1, 0.15) is 11.2 Å². The zero-order valence-corrected chi connectivity index (χ0v) is 25.8. The summed E-state index contributed by atoms with van der Waals surface area (Å²) in [4.78, 5) is 1.01. The van der Waals surface area contributed by atoms with Crippen LogP contribution in [-0.4, -0.2) is 0 Å². The molecule has 10 rings (SSSR count). The van der Waals surface area contributed by atoms with Crippen LogP contribution in [0.25, 0.3) is 75.1 Å². The van der Waals surface area contributed by atoms with Gasteiger partial charge in [-0.15, -0.1) is 11.3 Å². The van der Waals surface area contributed by atoms with Crippen LogP contribution in [0.3, 0.4) is 0 Å². The van der Waals surface area contributed by atoms with Crippen LogP contribution in [0.2, 0.25) is 0 Å². The van der Waals surface area contributed by atoms with E-state index in [2.05, 4.69) is 0 Å². The molecule has 49 heavy (non-hydrogen) atoms. The van der Waals surface area contributed by atoms with Crippen molar-refractivity contribution < 1.29 is 31.8 Å². The smallest absolute Gasteiger partial charge is 0.143 e. The van der Waals surface area contributed by atoms with E-state index in [0.717, 1.165) is 21.6 Å². The molecule has 0 aliphatic rings. The molecule has 0 saturated carbocycles. The van der Waals surface area contributed by atoms with Crippen molar-refractivity contribution in [2.24, 2.45) is 0 Å². The lowest BCUT2D eigenvalue weighted by molar-refractivity contribution is 0.672. The lowest BCUT2D eigenvalue weighted by Crippen LogP contribution is -2.10. The van der Waals surface area contributed by atoms with Crippen LogP contribution in [-0.2, 0) is 0 Å². The van der Waals surface area contributed by atoms with E-state index in [9.17, 15) is 11.0 Å². The van der Waals surface area contributed by atoms with Gasteiger partial charge in [0.25, 0.3) is 0 Å². The van der Waals surface area contributed by atoms with Crippen molar-refractivity contribution in [3.63, 3.8) is 0 Å². The third-order valence-electron chi connectivity index (χ3n) is 8.22. The summed E-state index contributed by atoms with van der Waals surface area (Å²) in [6.07, 6.45) is 0. The Labute approximate surface area is 315 Å². The molecule has 0 spiro atoms. The summed E-state index contributed by atoms with van der Waals surface area (Å²) in [7, 11) is 0. The number of hydrogen-bond donors (Lipinski definition) is 0. The molecule has 0 radical (unpaired) electrons. The summed E-state index contributed by atoms with van der Waals surface area (Å²) in [6, 6.07) is 0.569. The van der Waals surface area contributed by atoms with Gasteiger partial charge in [0.15, 0.2) is 0 Å². The standard InChI is InChI=1S/C46H29NOS/c1-2-10-30(11-3-1)31-20-25-34(26-21-31)47(40-16-9-17-41-45(40)39-29-24-32-12-4-5-13-37(32)46(39)48-41)35-27-22-33(23-28-35)36-15-8-19-43-44(36)38-14-6-7-18-42(38)49-43/h1-29H/i1D,2D,3D,6D,7D,8D,10D,11D,14D,15D,18D,19D,20D,21D,22D,23D,25D,26D,27D,28D. The summed E-state index contributed by atoms with van der Waals surface area (Å²) in [6.45, 7) is 0. The van der Waals surface area contributed by atoms with E-state index in [-0.39, 0.29) is 36.8 Å². The van der Waals surface area contributed by atoms with Crippen LogP contribution in [0.4, 0.5) is 17.1 Å². The molecule has 0 bridgehead atoms. The van der Waals surface area contributed by atoms with Gasteiger partial charge in [0.05, 0.1) is 38.5 Å². The quantitative estimate of drug-likeness (QED) is 0.182. The molecule has 0 saturated heterocycles. The maximum absolute atomic E-state index is 9.74. The summed E-state index contributed by atoms with van der Waals surface area (Å²) in [5.74, 6) is 0. The highest BCUT2D eigenvalue weighted by atomic mass is 32.1. The van der Waals surface area contributed by atoms with Gasteiger partial charge in [0, 0.05) is 42.3 Å². The van der Waals surface area contributed by atoms with Crippen molar-refractivity contribution in [1.29, 1.82) is 0 Å². The fraction of sp³-hybridized carbons (Fsp3) is 0. The number of thiophene rings is 1. The number of furan rings is 1. The highest BCUT2D eigenvalue weighted by molar-refractivity contribution is 7.25.